The number of aryl methyl sites for hydroxylation is 6. The second-order valence-corrected chi connectivity index (χ2v) is 22.1. The maximum absolute atomic E-state index is 14.6. The van der Waals surface area contributed by atoms with Crippen LogP contribution in [0.1, 0.15) is 53.1 Å². The number of rotatable bonds is 15. The van der Waals surface area contributed by atoms with Crippen LogP contribution in [-0.4, -0.2) is 129 Å². The van der Waals surface area contributed by atoms with Crippen molar-refractivity contribution >= 4 is 29.9 Å². The summed E-state index contributed by atoms with van der Waals surface area (Å²) >= 11 is 0. The van der Waals surface area contributed by atoms with E-state index in [9.17, 15) is 24.0 Å². The van der Waals surface area contributed by atoms with E-state index in [0.717, 1.165) is 33.4 Å². The summed E-state index contributed by atoms with van der Waals surface area (Å²) in [6.45, 7) is 11.7. The molecule has 454 valence electrons. The molecular formula is C66H75N5O15. The molecule has 3 saturated heterocycles. The van der Waals surface area contributed by atoms with E-state index in [1.165, 1.54) is 6.92 Å². The monoisotopic (exact) mass is 1180 g/mol. The standard InChI is InChI=1S/C66H75N5O15/c1-38-8-20-45(21-9-38)79-57-52-34-68-63(73)44(7)70-65(75)77-36-54-59(81-47-24-12-40(3)13-25-47)62(84-50-30-18-43(6)19-31-50)58(80-46-22-10-39(2)11-23-46)53(86-54)35-69-64(74)51(32-33-56(67)72)71-66(76)78-37-55(85-52)60(82-48-26-14-41(4)15-27-48)61(57)83-49-28-16-42(5)17-29-49/h8-31,44,51-55,57-62H,32-37H2,1-7H3,(H2,67,72)(H,68,73)(H,69,74)(H,70,75)(H,71,76)/t44-,51+,52-,53-,54+,55+,57-,58-,59-,60-,61+,62+/m0/s1. The fourth-order valence-corrected chi connectivity index (χ4v) is 10.1. The molecule has 9 rings (SSSR count). The Labute approximate surface area is 500 Å². The van der Waals surface area contributed by atoms with Gasteiger partial charge >= 0.3 is 12.2 Å². The van der Waals surface area contributed by atoms with Gasteiger partial charge in [-0.05, 0) is 128 Å². The number of benzene rings is 6. The lowest BCUT2D eigenvalue weighted by atomic mass is 9.93. The molecule has 0 aliphatic carbocycles. The molecule has 0 unspecified atom stereocenters. The molecule has 5 amide bonds. The highest BCUT2D eigenvalue weighted by Crippen LogP contribution is 2.35. The maximum atomic E-state index is 14.6. The minimum Gasteiger partial charge on any atom is -0.484 e. The molecule has 6 aromatic carbocycles. The third kappa shape index (κ3) is 16.9. The molecule has 6 aromatic rings. The number of hydrogen-bond acceptors (Lipinski definition) is 15. The lowest BCUT2D eigenvalue weighted by Crippen LogP contribution is -2.67. The molecule has 0 spiro atoms. The number of alkyl carbamates (subject to hydrolysis) is 2. The summed E-state index contributed by atoms with van der Waals surface area (Å²) in [6, 6.07) is 41.6. The van der Waals surface area contributed by atoms with Crippen molar-refractivity contribution in [2.45, 2.75) is 134 Å². The fourth-order valence-electron chi connectivity index (χ4n) is 10.1. The van der Waals surface area contributed by atoms with Gasteiger partial charge in [-0.2, -0.15) is 0 Å². The summed E-state index contributed by atoms with van der Waals surface area (Å²) in [5, 5.41) is 11.1. The molecule has 3 aliphatic rings. The van der Waals surface area contributed by atoms with E-state index in [0.29, 0.717) is 34.5 Å². The lowest BCUT2D eigenvalue weighted by Gasteiger charge is -2.46. The topological polar surface area (TPSA) is 252 Å². The molecule has 4 bridgehead atoms. The van der Waals surface area contributed by atoms with Crippen LogP contribution in [0.2, 0.25) is 0 Å². The Kier molecular flexibility index (Phi) is 20.6. The minimum atomic E-state index is -1.39. The van der Waals surface area contributed by atoms with Crippen LogP contribution in [0.3, 0.4) is 0 Å². The zero-order chi connectivity index (χ0) is 60.9. The zero-order valence-electron chi connectivity index (χ0n) is 49.2. The first kappa shape index (κ1) is 61.5. The van der Waals surface area contributed by atoms with Crippen LogP contribution in [-0.2, 0) is 33.3 Å². The minimum absolute atomic E-state index is 0.219. The normalized spacial score (nSPS) is 25.7. The predicted molar refractivity (Wildman–Crippen MR) is 318 cm³/mol. The highest BCUT2D eigenvalue weighted by Gasteiger charge is 2.53. The fraction of sp³-hybridized carbons (Fsp3) is 0.379. The number of primary amides is 1. The molecular weight excluding hydrogens is 1100 g/mol. The Morgan fingerprint density at radius 3 is 1.01 bits per heavy atom. The summed E-state index contributed by atoms with van der Waals surface area (Å²) in [7, 11) is 0. The van der Waals surface area contributed by atoms with Gasteiger partial charge in [-0.1, -0.05) is 106 Å². The van der Waals surface area contributed by atoms with Crippen LogP contribution < -0.4 is 55.4 Å². The van der Waals surface area contributed by atoms with Crippen LogP contribution in [0.4, 0.5) is 9.59 Å². The second kappa shape index (κ2) is 28.7. The van der Waals surface area contributed by atoms with Gasteiger partial charge in [0, 0.05) is 19.5 Å². The summed E-state index contributed by atoms with van der Waals surface area (Å²) in [5.41, 5.74) is 11.5. The van der Waals surface area contributed by atoms with Crippen LogP contribution in [0.25, 0.3) is 0 Å². The van der Waals surface area contributed by atoms with Crippen LogP contribution in [0, 0.1) is 41.5 Å². The van der Waals surface area contributed by atoms with Crippen molar-refractivity contribution < 1.29 is 71.3 Å². The largest absolute Gasteiger partial charge is 0.484 e. The number of nitrogens with two attached hydrogens (primary N) is 1. The van der Waals surface area contributed by atoms with Gasteiger partial charge in [0.2, 0.25) is 17.7 Å². The molecule has 3 heterocycles. The van der Waals surface area contributed by atoms with Gasteiger partial charge in [0.1, 0.15) is 84.2 Å². The summed E-state index contributed by atoms with van der Waals surface area (Å²) < 4.78 is 66.6. The Bertz CT molecular complexity index is 3220. The molecule has 12 atom stereocenters. The second-order valence-electron chi connectivity index (χ2n) is 22.1. The quantitative estimate of drug-likeness (QED) is 0.0658. The summed E-state index contributed by atoms with van der Waals surface area (Å²) in [5.74, 6) is 0.596. The first-order chi connectivity index (χ1) is 41.4. The van der Waals surface area contributed by atoms with E-state index in [2.05, 4.69) is 21.3 Å². The first-order valence-corrected chi connectivity index (χ1v) is 28.8. The molecule has 86 heavy (non-hydrogen) atoms. The van der Waals surface area contributed by atoms with E-state index >= 15 is 0 Å². The van der Waals surface area contributed by atoms with Gasteiger partial charge in [-0.15, -0.1) is 0 Å². The number of nitrogens with one attached hydrogen (secondary N) is 4. The number of fused-ring (bicyclic) bond motifs is 4. The number of hydrogen-bond donors (Lipinski definition) is 5. The average molecular weight is 1180 g/mol. The van der Waals surface area contributed by atoms with Gasteiger partial charge in [-0.25, -0.2) is 9.59 Å². The van der Waals surface area contributed by atoms with Crippen molar-refractivity contribution in [3.8, 4) is 34.5 Å². The highest BCUT2D eigenvalue weighted by molar-refractivity contribution is 5.86. The van der Waals surface area contributed by atoms with E-state index in [-0.39, 0.29) is 25.9 Å². The van der Waals surface area contributed by atoms with Crippen LogP contribution in [0.5, 0.6) is 34.5 Å². The SMILES string of the molecule is Cc1ccc(O[C@@H]2[C@@H](Oc3ccc(C)cc3)[C@@H]3CNC(=O)[C@@H](CCC(N)=O)NC(=O)OC[C@H]4O[C@@H](CNC(=O)[C@H](C)NC(=O)OC[C@@H](O3)[C@@H]2Oc2ccc(C)cc2)[C@H](Oc2ccc(C)cc2)[C@@H](Oc2ccc(C)cc2)[C@H]4Oc2ccc(C)cc2)cc1. The van der Waals surface area contributed by atoms with Gasteiger partial charge in [0.05, 0.1) is 0 Å². The molecule has 20 heteroatoms. The van der Waals surface area contributed by atoms with Gasteiger partial charge in [-0.3, -0.25) is 14.4 Å². The average Bonchev–Trinajstić information content (AvgIpc) is 1.40. The van der Waals surface area contributed by atoms with Crippen molar-refractivity contribution in [3.63, 3.8) is 0 Å². The van der Waals surface area contributed by atoms with Gasteiger partial charge in [0.15, 0.2) is 36.6 Å². The molecule has 0 saturated carbocycles. The Morgan fingerprint density at radius 2 is 0.698 bits per heavy atom. The third-order valence-corrected chi connectivity index (χ3v) is 14.9. The number of cyclic esters (lactones) is 2. The number of carbonyl (C=O) groups excluding carboxylic acids is 5. The van der Waals surface area contributed by atoms with Gasteiger partial charge in [0.25, 0.3) is 0 Å². The first-order valence-electron chi connectivity index (χ1n) is 28.8. The van der Waals surface area contributed by atoms with Crippen molar-refractivity contribution in [1.29, 1.82) is 0 Å². The molecule has 0 aromatic heterocycles. The molecule has 20 nitrogen and oxygen atoms in total. The summed E-state index contributed by atoms with van der Waals surface area (Å²) in [4.78, 5) is 69.5. The summed E-state index contributed by atoms with van der Waals surface area (Å²) in [6.07, 6.45) is -13.3. The maximum Gasteiger partial charge on any atom is 0.407 e. The smallest absolute Gasteiger partial charge is 0.407 e. The zero-order valence-corrected chi connectivity index (χ0v) is 49.2. The lowest BCUT2D eigenvalue weighted by molar-refractivity contribution is -0.208. The highest BCUT2D eigenvalue weighted by atomic mass is 16.6. The van der Waals surface area contributed by atoms with Crippen LogP contribution >= 0.6 is 0 Å². The van der Waals surface area contributed by atoms with Crippen LogP contribution in [0.15, 0.2) is 146 Å². The number of carbonyl (C=O) groups is 5. The molecule has 6 N–H and O–H groups in total. The van der Waals surface area contributed by atoms with E-state index in [1.54, 1.807) is 72.8 Å². The molecule has 0 radical (unpaired) electrons. The Balaban J connectivity index is 1.09. The van der Waals surface area contributed by atoms with E-state index in [1.807, 2.05) is 114 Å². The number of amides is 5. The Hall–Kier alpha value is -9.01. The van der Waals surface area contributed by atoms with Crippen molar-refractivity contribution in [2.24, 2.45) is 5.73 Å². The number of ether oxygens (including phenoxy) is 10. The van der Waals surface area contributed by atoms with Crippen molar-refractivity contribution in [1.82, 2.24) is 21.3 Å². The Morgan fingerprint density at radius 1 is 0.419 bits per heavy atom. The van der Waals surface area contributed by atoms with Crippen molar-refractivity contribution in [2.75, 3.05) is 26.3 Å². The molecule has 3 fully saturated rings. The van der Waals surface area contributed by atoms with Crippen molar-refractivity contribution in [3.05, 3.63) is 179 Å². The van der Waals surface area contributed by atoms with E-state index in [4.69, 9.17) is 53.1 Å². The predicted octanol–water partition coefficient (Wildman–Crippen LogP) is 7.78. The molecule has 3 aliphatic heterocycles. The van der Waals surface area contributed by atoms with Gasteiger partial charge < -0.3 is 74.4 Å². The third-order valence-electron chi connectivity index (χ3n) is 14.9. The van der Waals surface area contributed by atoms with E-state index < -0.39 is 116 Å².